The highest BCUT2D eigenvalue weighted by atomic mass is 79.9. The number of nitrogens with zero attached hydrogens (tertiary/aromatic N) is 2. The van der Waals surface area contributed by atoms with Crippen LogP contribution in [0.1, 0.15) is 15.2 Å². The van der Waals surface area contributed by atoms with E-state index in [1.165, 1.54) is 17.5 Å². The molecule has 2 heterocycles. The fraction of sp³-hybridized carbons (Fsp3) is 0.111. The highest BCUT2D eigenvalue weighted by Crippen LogP contribution is 2.27. The Balaban J connectivity index is 2.46. The van der Waals surface area contributed by atoms with E-state index in [0.29, 0.717) is 20.1 Å². The number of ketones is 1. The summed E-state index contributed by atoms with van der Waals surface area (Å²) >= 11 is 10.5. The number of carbonyl (C=O) groups is 1. The molecule has 0 fully saturated rings. The van der Waals surface area contributed by atoms with Crippen molar-refractivity contribution in [3.63, 3.8) is 0 Å². The van der Waals surface area contributed by atoms with Gasteiger partial charge in [0.15, 0.2) is 0 Å². The van der Waals surface area contributed by atoms with Gasteiger partial charge in [-0.2, -0.15) is 5.10 Å². The predicted octanol–water partition coefficient (Wildman–Crippen LogP) is 3.13. The number of hydrogen-bond donors (Lipinski definition) is 0. The molecule has 0 saturated carbocycles. The lowest BCUT2D eigenvalue weighted by atomic mass is 10.2. The average molecular weight is 306 g/mol. The zero-order valence-corrected chi connectivity index (χ0v) is 10.9. The molecule has 2 aromatic rings. The van der Waals surface area contributed by atoms with Crippen LogP contribution >= 0.6 is 38.9 Å². The molecule has 0 aliphatic carbocycles. The molecule has 0 saturated heterocycles. The quantitative estimate of drug-likeness (QED) is 0.799. The zero-order chi connectivity index (χ0) is 11.0. The van der Waals surface area contributed by atoms with Crippen LogP contribution in [-0.4, -0.2) is 15.6 Å². The summed E-state index contributed by atoms with van der Waals surface area (Å²) in [6.07, 6.45) is 1.53. The molecule has 0 radical (unpaired) electrons. The molecule has 0 spiro atoms. The van der Waals surface area contributed by atoms with Gasteiger partial charge in [-0.25, -0.2) is 0 Å². The molecule has 0 aromatic carbocycles. The second kappa shape index (κ2) is 4.08. The lowest BCUT2D eigenvalue weighted by Gasteiger charge is -1.96. The van der Waals surface area contributed by atoms with E-state index in [1.54, 1.807) is 23.2 Å². The standard InChI is InChI=1S/C9H6BrClN2OS/c1-13-9(10)5(4-12-13)7(14)8-6(11)2-3-15-8/h2-4H,1H3. The van der Waals surface area contributed by atoms with Gasteiger partial charge in [0.1, 0.15) is 4.60 Å². The summed E-state index contributed by atoms with van der Waals surface area (Å²) in [6, 6.07) is 1.71. The normalized spacial score (nSPS) is 10.6. The van der Waals surface area contributed by atoms with Crippen LogP contribution < -0.4 is 0 Å². The zero-order valence-electron chi connectivity index (χ0n) is 7.70. The van der Waals surface area contributed by atoms with Crippen molar-refractivity contribution in [2.75, 3.05) is 0 Å². The number of rotatable bonds is 2. The maximum atomic E-state index is 12.0. The SMILES string of the molecule is Cn1ncc(C(=O)c2sccc2Cl)c1Br. The van der Waals surface area contributed by atoms with Gasteiger partial charge in [-0.3, -0.25) is 9.48 Å². The number of aryl methyl sites for hydroxylation is 1. The molecule has 0 unspecified atom stereocenters. The van der Waals surface area contributed by atoms with E-state index in [2.05, 4.69) is 21.0 Å². The summed E-state index contributed by atoms with van der Waals surface area (Å²) in [5, 5.41) is 6.27. The van der Waals surface area contributed by atoms with E-state index in [4.69, 9.17) is 11.6 Å². The molecule has 78 valence electrons. The first-order valence-electron chi connectivity index (χ1n) is 4.06. The molecule has 0 aliphatic heterocycles. The Morgan fingerprint density at radius 3 is 2.87 bits per heavy atom. The highest BCUT2D eigenvalue weighted by molar-refractivity contribution is 9.10. The van der Waals surface area contributed by atoms with Gasteiger partial charge in [-0.1, -0.05) is 11.6 Å². The van der Waals surface area contributed by atoms with Gasteiger partial charge in [0, 0.05) is 7.05 Å². The van der Waals surface area contributed by atoms with Crippen LogP contribution in [-0.2, 0) is 7.05 Å². The van der Waals surface area contributed by atoms with Gasteiger partial charge in [0.05, 0.1) is 21.7 Å². The van der Waals surface area contributed by atoms with Crippen molar-refractivity contribution in [2.45, 2.75) is 0 Å². The van der Waals surface area contributed by atoms with Crippen LogP contribution in [0.4, 0.5) is 0 Å². The minimum Gasteiger partial charge on any atom is -0.287 e. The minimum absolute atomic E-state index is 0.102. The first-order chi connectivity index (χ1) is 7.11. The Labute approximate surface area is 104 Å². The Bertz CT molecular complexity index is 520. The molecule has 0 atom stereocenters. The second-order valence-electron chi connectivity index (χ2n) is 2.90. The summed E-state index contributed by atoms with van der Waals surface area (Å²) in [5.74, 6) is -0.102. The van der Waals surface area contributed by atoms with Crippen LogP contribution in [0.5, 0.6) is 0 Å². The lowest BCUT2D eigenvalue weighted by molar-refractivity contribution is 0.104. The maximum Gasteiger partial charge on any atom is 0.208 e. The van der Waals surface area contributed by atoms with E-state index < -0.39 is 0 Å². The number of carbonyl (C=O) groups excluding carboxylic acids is 1. The predicted molar refractivity (Wildman–Crippen MR) is 63.7 cm³/mol. The summed E-state index contributed by atoms with van der Waals surface area (Å²) < 4.78 is 2.26. The highest BCUT2D eigenvalue weighted by Gasteiger charge is 2.19. The summed E-state index contributed by atoms with van der Waals surface area (Å²) in [4.78, 5) is 12.6. The number of halogens is 2. The Morgan fingerprint density at radius 2 is 2.40 bits per heavy atom. The monoisotopic (exact) mass is 304 g/mol. The van der Waals surface area contributed by atoms with Crippen molar-refractivity contribution in [2.24, 2.45) is 7.05 Å². The van der Waals surface area contributed by atoms with Gasteiger partial charge in [0.2, 0.25) is 5.78 Å². The lowest BCUT2D eigenvalue weighted by Crippen LogP contribution is -1.99. The molecule has 2 rings (SSSR count). The van der Waals surface area contributed by atoms with Crippen molar-refractivity contribution in [1.82, 2.24) is 9.78 Å². The summed E-state index contributed by atoms with van der Waals surface area (Å²) in [5.41, 5.74) is 0.529. The fourth-order valence-corrected chi connectivity index (χ4v) is 2.62. The van der Waals surface area contributed by atoms with Gasteiger partial charge >= 0.3 is 0 Å². The molecule has 2 aromatic heterocycles. The van der Waals surface area contributed by atoms with Crippen molar-refractivity contribution in [3.8, 4) is 0 Å². The van der Waals surface area contributed by atoms with Crippen molar-refractivity contribution >= 4 is 44.7 Å². The number of hydrogen-bond acceptors (Lipinski definition) is 3. The second-order valence-corrected chi connectivity index (χ2v) is 4.97. The molecular weight excluding hydrogens is 300 g/mol. The number of thiophene rings is 1. The molecule has 0 amide bonds. The molecule has 15 heavy (non-hydrogen) atoms. The first-order valence-corrected chi connectivity index (χ1v) is 6.11. The molecule has 6 heteroatoms. The van der Waals surface area contributed by atoms with E-state index in [1.807, 2.05) is 0 Å². The fourth-order valence-electron chi connectivity index (χ4n) is 1.15. The number of aromatic nitrogens is 2. The Hall–Kier alpha value is -0.650. The van der Waals surface area contributed by atoms with Gasteiger partial charge in [0.25, 0.3) is 0 Å². The van der Waals surface area contributed by atoms with Gasteiger partial charge in [-0.15, -0.1) is 11.3 Å². The van der Waals surface area contributed by atoms with Crippen LogP contribution in [0.15, 0.2) is 22.2 Å². The van der Waals surface area contributed by atoms with E-state index in [9.17, 15) is 4.79 Å². The van der Waals surface area contributed by atoms with Gasteiger partial charge < -0.3 is 0 Å². The Morgan fingerprint density at radius 1 is 1.67 bits per heavy atom. The van der Waals surface area contributed by atoms with Crippen molar-refractivity contribution in [1.29, 1.82) is 0 Å². The van der Waals surface area contributed by atoms with Crippen molar-refractivity contribution in [3.05, 3.63) is 37.7 Å². The van der Waals surface area contributed by atoms with E-state index in [0.717, 1.165) is 0 Å². The summed E-state index contributed by atoms with van der Waals surface area (Å²) in [6.45, 7) is 0. The average Bonchev–Trinajstić information content (AvgIpc) is 2.75. The third-order valence-corrected chi connectivity index (χ3v) is 4.22. The Kier molecular flexibility index (Phi) is 2.95. The van der Waals surface area contributed by atoms with Crippen LogP contribution in [0.25, 0.3) is 0 Å². The molecule has 0 N–H and O–H groups in total. The largest absolute Gasteiger partial charge is 0.287 e. The molecule has 0 bridgehead atoms. The van der Waals surface area contributed by atoms with E-state index >= 15 is 0 Å². The molecular formula is C9H6BrClN2OS. The molecule has 0 aliphatic rings. The van der Waals surface area contributed by atoms with Crippen LogP contribution in [0.2, 0.25) is 5.02 Å². The molecule has 3 nitrogen and oxygen atoms in total. The van der Waals surface area contributed by atoms with Crippen LogP contribution in [0, 0.1) is 0 Å². The minimum atomic E-state index is -0.102. The third-order valence-electron chi connectivity index (χ3n) is 1.93. The van der Waals surface area contributed by atoms with Crippen LogP contribution in [0.3, 0.4) is 0 Å². The smallest absolute Gasteiger partial charge is 0.208 e. The summed E-state index contributed by atoms with van der Waals surface area (Å²) in [7, 11) is 1.76. The van der Waals surface area contributed by atoms with Gasteiger partial charge in [-0.05, 0) is 27.4 Å². The van der Waals surface area contributed by atoms with E-state index in [-0.39, 0.29) is 5.78 Å². The maximum absolute atomic E-state index is 12.0. The third kappa shape index (κ3) is 1.87. The van der Waals surface area contributed by atoms with Crippen molar-refractivity contribution < 1.29 is 4.79 Å². The first kappa shape index (κ1) is 10.9. The topological polar surface area (TPSA) is 34.9 Å².